The molecule has 1 N–H and O–H groups in total. The van der Waals surface area contributed by atoms with Gasteiger partial charge in [0.15, 0.2) is 0 Å². The van der Waals surface area contributed by atoms with Gasteiger partial charge in [0.1, 0.15) is 17.0 Å². The fourth-order valence-electron chi connectivity index (χ4n) is 2.28. The van der Waals surface area contributed by atoms with Crippen molar-refractivity contribution >= 4 is 21.6 Å². The Morgan fingerprint density at radius 3 is 3.00 bits per heavy atom. The number of hydrogen-bond acceptors (Lipinski definition) is 5. The summed E-state index contributed by atoms with van der Waals surface area (Å²) in [6.07, 6.45) is 1.60. The van der Waals surface area contributed by atoms with Gasteiger partial charge in [-0.15, -0.1) is 21.8 Å². The van der Waals surface area contributed by atoms with Gasteiger partial charge in [0.25, 0.3) is 0 Å². The minimum atomic E-state index is -3.64. The second-order valence-corrected chi connectivity index (χ2v) is 6.68. The zero-order valence-electron chi connectivity index (χ0n) is 10.7. The molecule has 1 aliphatic rings. The number of aryl methyl sites for hydroxylation is 1. The van der Waals surface area contributed by atoms with Crippen LogP contribution in [-0.2, 0) is 29.0 Å². The maximum atomic E-state index is 12.7. The summed E-state index contributed by atoms with van der Waals surface area (Å²) in [5.74, 6) is 0.677. The number of nitrogens with zero attached hydrogens (tertiary/aromatic N) is 5. The van der Waals surface area contributed by atoms with Crippen molar-refractivity contribution in [2.45, 2.75) is 30.8 Å². The van der Waals surface area contributed by atoms with Crippen LogP contribution in [-0.4, -0.2) is 44.2 Å². The molecule has 0 atom stereocenters. The molecule has 3 heterocycles. The molecule has 2 aromatic rings. The Bertz CT molecular complexity index is 737. The van der Waals surface area contributed by atoms with E-state index in [9.17, 15) is 8.42 Å². The molecule has 0 aliphatic carbocycles. The first-order valence-corrected chi connectivity index (χ1v) is 7.98. The molecule has 0 aromatic carbocycles. The highest BCUT2D eigenvalue weighted by atomic mass is 35.5. The highest BCUT2D eigenvalue weighted by Crippen LogP contribution is 2.25. The molecule has 0 fully saturated rings. The van der Waals surface area contributed by atoms with Gasteiger partial charge in [-0.3, -0.25) is 5.10 Å². The Labute approximate surface area is 120 Å². The van der Waals surface area contributed by atoms with E-state index < -0.39 is 10.0 Å². The minimum Gasteiger partial charge on any atom is -0.315 e. The molecule has 10 heteroatoms. The Morgan fingerprint density at radius 1 is 1.45 bits per heavy atom. The fraction of sp³-hybridized carbons (Fsp3) is 0.500. The molecule has 108 valence electrons. The van der Waals surface area contributed by atoms with Crippen LogP contribution < -0.4 is 0 Å². The van der Waals surface area contributed by atoms with E-state index in [0.29, 0.717) is 30.3 Å². The number of alkyl halides is 1. The Hall–Kier alpha value is -1.45. The zero-order valence-corrected chi connectivity index (χ0v) is 12.3. The SMILES string of the molecule is Cc1[nH]nc(CCl)c1S(=O)(=O)N1CCn2cnnc2C1. The Balaban J connectivity index is 1.99. The van der Waals surface area contributed by atoms with Crippen LogP contribution in [0.4, 0.5) is 0 Å². The molecule has 0 unspecified atom stereocenters. The van der Waals surface area contributed by atoms with Crippen molar-refractivity contribution in [3.05, 3.63) is 23.5 Å². The first kappa shape index (κ1) is 13.5. The lowest BCUT2D eigenvalue weighted by Crippen LogP contribution is -2.38. The van der Waals surface area contributed by atoms with Gasteiger partial charge >= 0.3 is 0 Å². The maximum absolute atomic E-state index is 12.7. The van der Waals surface area contributed by atoms with Gasteiger partial charge in [-0.25, -0.2) is 8.42 Å². The average Bonchev–Trinajstić information content (AvgIpc) is 3.03. The van der Waals surface area contributed by atoms with Crippen LogP contribution in [0.1, 0.15) is 17.2 Å². The molecule has 2 aromatic heterocycles. The minimum absolute atomic E-state index is 0.0446. The van der Waals surface area contributed by atoms with Crippen LogP contribution in [0.3, 0.4) is 0 Å². The molecule has 0 spiro atoms. The second kappa shape index (κ2) is 4.83. The number of H-pyrrole nitrogens is 1. The van der Waals surface area contributed by atoms with Gasteiger partial charge in [0.2, 0.25) is 10.0 Å². The summed E-state index contributed by atoms with van der Waals surface area (Å²) >= 11 is 5.76. The van der Waals surface area contributed by atoms with E-state index in [1.54, 1.807) is 13.3 Å². The molecular weight excluding hydrogens is 304 g/mol. The molecular formula is C10H13ClN6O2S. The monoisotopic (exact) mass is 316 g/mol. The van der Waals surface area contributed by atoms with Crippen molar-refractivity contribution in [2.75, 3.05) is 6.54 Å². The summed E-state index contributed by atoms with van der Waals surface area (Å²) in [7, 11) is -3.64. The molecule has 0 radical (unpaired) electrons. The number of halogens is 1. The van der Waals surface area contributed by atoms with E-state index in [2.05, 4.69) is 20.4 Å². The van der Waals surface area contributed by atoms with Crippen LogP contribution in [0.5, 0.6) is 0 Å². The van der Waals surface area contributed by atoms with Gasteiger partial charge < -0.3 is 4.57 Å². The topological polar surface area (TPSA) is 96.8 Å². The number of hydrogen-bond donors (Lipinski definition) is 1. The standard InChI is InChI=1S/C10H13ClN6O2S/c1-7-10(8(4-11)14-13-7)20(18,19)17-3-2-16-6-12-15-9(16)5-17/h6H,2-5H2,1H3,(H,13,14). The first-order valence-electron chi connectivity index (χ1n) is 6.00. The van der Waals surface area contributed by atoms with Gasteiger partial charge in [0, 0.05) is 13.1 Å². The summed E-state index contributed by atoms with van der Waals surface area (Å²) < 4.78 is 28.7. The molecule has 0 saturated carbocycles. The largest absolute Gasteiger partial charge is 0.315 e. The summed E-state index contributed by atoms with van der Waals surface area (Å²) in [5.41, 5.74) is 0.837. The third-order valence-corrected chi connectivity index (χ3v) is 5.59. The normalized spacial score (nSPS) is 16.3. The van der Waals surface area contributed by atoms with E-state index in [-0.39, 0.29) is 17.3 Å². The van der Waals surface area contributed by atoms with Crippen molar-refractivity contribution < 1.29 is 8.42 Å². The van der Waals surface area contributed by atoms with Crippen LogP contribution >= 0.6 is 11.6 Å². The Morgan fingerprint density at radius 2 is 2.25 bits per heavy atom. The molecule has 0 saturated heterocycles. The summed E-state index contributed by atoms with van der Waals surface area (Å²) in [6.45, 7) is 2.78. The highest BCUT2D eigenvalue weighted by Gasteiger charge is 2.33. The van der Waals surface area contributed by atoms with Gasteiger partial charge in [-0.2, -0.15) is 9.40 Å². The summed E-state index contributed by atoms with van der Waals surface area (Å²) in [4.78, 5) is 0.167. The second-order valence-electron chi connectivity index (χ2n) is 4.54. The maximum Gasteiger partial charge on any atom is 0.247 e. The van der Waals surface area contributed by atoms with Crippen molar-refractivity contribution in [3.63, 3.8) is 0 Å². The average molecular weight is 317 g/mol. The smallest absolute Gasteiger partial charge is 0.247 e. The van der Waals surface area contributed by atoms with Crippen LogP contribution in [0, 0.1) is 6.92 Å². The predicted molar refractivity (Wildman–Crippen MR) is 70.5 cm³/mol. The lowest BCUT2D eigenvalue weighted by molar-refractivity contribution is 0.335. The third kappa shape index (κ3) is 2.02. The van der Waals surface area contributed by atoms with E-state index in [1.807, 2.05) is 4.57 Å². The lowest BCUT2D eigenvalue weighted by atomic mass is 10.4. The van der Waals surface area contributed by atoms with Gasteiger partial charge in [-0.1, -0.05) is 0 Å². The quantitative estimate of drug-likeness (QED) is 0.819. The van der Waals surface area contributed by atoms with E-state index >= 15 is 0 Å². The van der Waals surface area contributed by atoms with Crippen LogP contribution in [0.2, 0.25) is 0 Å². The van der Waals surface area contributed by atoms with E-state index in [4.69, 9.17) is 11.6 Å². The molecule has 20 heavy (non-hydrogen) atoms. The summed E-state index contributed by atoms with van der Waals surface area (Å²) in [6, 6.07) is 0. The number of aromatic amines is 1. The van der Waals surface area contributed by atoms with Crippen molar-refractivity contribution in [3.8, 4) is 0 Å². The molecule has 3 rings (SSSR count). The first-order chi connectivity index (χ1) is 9.54. The highest BCUT2D eigenvalue weighted by molar-refractivity contribution is 7.89. The number of nitrogens with one attached hydrogen (secondary N) is 1. The van der Waals surface area contributed by atoms with Gasteiger partial charge in [0.05, 0.1) is 23.8 Å². The zero-order chi connectivity index (χ0) is 14.3. The lowest BCUT2D eigenvalue weighted by Gasteiger charge is -2.26. The molecule has 1 aliphatic heterocycles. The number of aromatic nitrogens is 5. The van der Waals surface area contributed by atoms with Crippen LogP contribution in [0.25, 0.3) is 0 Å². The van der Waals surface area contributed by atoms with E-state index in [1.165, 1.54) is 4.31 Å². The van der Waals surface area contributed by atoms with E-state index in [0.717, 1.165) is 0 Å². The Kier molecular flexibility index (Phi) is 3.27. The van der Waals surface area contributed by atoms with Crippen molar-refractivity contribution in [2.24, 2.45) is 0 Å². The van der Waals surface area contributed by atoms with Crippen molar-refractivity contribution in [1.29, 1.82) is 0 Å². The number of sulfonamides is 1. The third-order valence-electron chi connectivity index (χ3n) is 3.29. The van der Waals surface area contributed by atoms with Crippen LogP contribution in [0.15, 0.2) is 11.2 Å². The molecule has 8 nitrogen and oxygen atoms in total. The van der Waals surface area contributed by atoms with Crippen molar-refractivity contribution in [1.82, 2.24) is 29.3 Å². The molecule has 0 bridgehead atoms. The number of fused-ring (bicyclic) bond motifs is 1. The number of rotatable bonds is 3. The summed E-state index contributed by atoms with van der Waals surface area (Å²) in [5, 5.41) is 14.3. The molecule has 0 amide bonds. The fourth-order valence-corrected chi connectivity index (χ4v) is 4.27. The van der Waals surface area contributed by atoms with Gasteiger partial charge in [-0.05, 0) is 6.92 Å². The predicted octanol–water partition coefficient (Wildman–Crippen LogP) is 0.253.